The number of nitriles is 1. The van der Waals surface area contributed by atoms with Crippen molar-refractivity contribution >= 4 is 0 Å². The van der Waals surface area contributed by atoms with Gasteiger partial charge in [-0.15, -0.1) is 0 Å². The Hall–Kier alpha value is -2.56. The highest BCUT2D eigenvalue weighted by Crippen LogP contribution is 2.55. The zero-order valence-corrected chi connectivity index (χ0v) is 13.6. The Balaban J connectivity index is 2.95. The molecule has 26 heavy (non-hydrogen) atoms. The highest BCUT2D eigenvalue weighted by atomic mass is 19.4. The lowest BCUT2D eigenvalue weighted by Gasteiger charge is -2.32. The van der Waals surface area contributed by atoms with Gasteiger partial charge in [-0.05, 0) is 42.7 Å². The molecular formula is C18H12F7N. The van der Waals surface area contributed by atoms with Crippen molar-refractivity contribution in [2.45, 2.75) is 31.9 Å². The Morgan fingerprint density at radius 2 is 1.42 bits per heavy atom. The minimum absolute atomic E-state index is 0.0249. The molecule has 0 aliphatic carbocycles. The van der Waals surface area contributed by atoms with Crippen LogP contribution < -0.4 is 0 Å². The first-order valence-corrected chi connectivity index (χ1v) is 7.27. The average Bonchev–Trinajstić information content (AvgIpc) is 2.51. The first kappa shape index (κ1) is 19.8. The quantitative estimate of drug-likeness (QED) is 0.579. The third-order valence-electron chi connectivity index (χ3n) is 3.91. The number of benzene rings is 2. The van der Waals surface area contributed by atoms with Crippen LogP contribution in [0.4, 0.5) is 30.7 Å². The molecule has 0 bridgehead atoms. The number of rotatable bonds is 2. The number of hydrogen-bond acceptors (Lipinski definition) is 1. The van der Waals surface area contributed by atoms with E-state index < -0.39 is 29.1 Å². The number of aryl methyl sites for hydroxylation is 2. The summed E-state index contributed by atoms with van der Waals surface area (Å²) in [5, 5.41) is 8.93. The normalized spacial score (nSPS) is 12.8. The van der Waals surface area contributed by atoms with Gasteiger partial charge in [-0.1, -0.05) is 29.8 Å². The molecule has 0 fully saturated rings. The highest BCUT2D eigenvalue weighted by Gasteiger charge is 2.74. The van der Waals surface area contributed by atoms with Crippen LogP contribution in [-0.4, -0.2) is 12.4 Å². The largest absolute Gasteiger partial charge is 0.435 e. The van der Waals surface area contributed by atoms with Crippen LogP contribution in [-0.2, 0) is 5.67 Å². The van der Waals surface area contributed by atoms with Crippen LogP contribution in [0.25, 0.3) is 11.1 Å². The molecule has 0 amide bonds. The van der Waals surface area contributed by atoms with Gasteiger partial charge in [0.1, 0.15) is 0 Å². The molecule has 2 aromatic rings. The van der Waals surface area contributed by atoms with Gasteiger partial charge in [0.2, 0.25) is 0 Å². The summed E-state index contributed by atoms with van der Waals surface area (Å²) in [4.78, 5) is 0. The van der Waals surface area contributed by atoms with Crippen molar-refractivity contribution in [3.8, 4) is 17.2 Å². The van der Waals surface area contributed by atoms with E-state index >= 15 is 0 Å². The molecule has 0 atom stereocenters. The fourth-order valence-corrected chi connectivity index (χ4v) is 2.83. The van der Waals surface area contributed by atoms with Gasteiger partial charge in [-0.3, -0.25) is 0 Å². The van der Waals surface area contributed by atoms with Crippen molar-refractivity contribution in [1.29, 1.82) is 5.26 Å². The Morgan fingerprint density at radius 1 is 0.846 bits per heavy atom. The van der Waals surface area contributed by atoms with Crippen molar-refractivity contribution in [2.24, 2.45) is 0 Å². The smallest absolute Gasteiger partial charge is 0.218 e. The van der Waals surface area contributed by atoms with Crippen molar-refractivity contribution < 1.29 is 30.7 Å². The van der Waals surface area contributed by atoms with Gasteiger partial charge in [0.05, 0.1) is 11.6 Å². The van der Waals surface area contributed by atoms with E-state index in [4.69, 9.17) is 5.26 Å². The fourth-order valence-electron chi connectivity index (χ4n) is 2.83. The van der Waals surface area contributed by atoms with Gasteiger partial charge in [0, 0.05) is 5.56 Å². The molecule has 138 valence electrons. The Morgan fingerprint density at radius 3 is 1.92 bits per heavy atom. The summed E-state index contributed by atoms with van der Waals surface area (Å²) >= 11 is 0. The zero-order valence-electron chi connectivity index (χ0n) is 13.6. The van der Waals surface area contributed by atoms with Gasteiger partial charge >= 0.3 is 18.0 Å². The third kappa shape index (κ3) is 3.14. The summed E-state index contributed by atoms with van der Waals surface area (Å²) in [5.41, 5.74) is -7.62. The molecule has 0 spiro atoms. The molecule has 1 nitrogen and oxygen atoms in total. The van der Waals surface area contributed by atoms with E-state index in [0.29, 0.717) is 6.07 Å². The van der Waals surface area contributed by atoms with E-state index in [1.54, 1.807) is 6.07 Å². The molecule has 0 aromatic heterocycles. The monoisotopic (exact) mass is 375 g/mol. The molecule has 0 N–H and O–H groups in total. The predicted molar refractivity (Wildman–Crippen MR) is 81.0 cm³/mol. The lowest BCUT2D eigenvalue weighted by molar-refractivity contribution is -0.348. The first-order chi connectivity index (χ1) is 11.8. The molecule has 8 heteroatoms. The highest BCUT2D eigenvalue weighted by molar-refractivity contribution is 5.74. The van der Waals surface area contributed by atoms with Crippen LogP contribution in [0.1, 0.15) is 22.3 Å². The summed E-state index contributed by atoms with van der Waals surface area (Å²) < 4.78 is 94.2. The standard InChI is InChI=1S/C18H12F7N/c1-10-6-11(2)15(13-5-3-4-12(8-13)9-26)14(7-10)16(19,17(20,21)22)18(23,24)25/h3-8H,1-2H3. The van der Waals surface area contributed by atoms with E-state index in [1.165, 1.54) is 38.1 Å². The summed E-state index contributed by atoms with van der Waals surface area (Å²) in [7, 11) is 0. The fraction of sp³-hybridized carbons (Fsp3) is 0.278. The maximum atomic E-state index is 14.7. The summed E-state index contributed by atoms with van der Waals surface area (Å²) in [6.07, 6.45) is -12.4. The van der Waals surface area contributed by atoms with Gasteiger partial charge in [0.15, 0.2) is 0 Å². The molecule has 0 aliphatic heterocycles. The summed E-state index contributed by atoms with van der Waals surface area (Å²) in [5.74, 6) is 0. The maximum Gasteiger partial charge on any atom is 0.435 e. The topological polar surface area (TPSA) is 23.8 Å². The third-order valence-corrected chi connectivity index (χ3v) is 3.91. The summed E-state index contributed by atoms with van der Waals surface area (Å²) in [6.45, 7) is 2.57. The van der Waals surface area contributed by atoms with E-state index in [-0.39, 0.29) is 22.3 Å². The van der Waals surface area contributed by atoms with Crippen LogP contribution in [0.15, 0.2) is 36.4 Å². The van der Waals surface area contributed by atoms with Crippen LogP contribution >= 0.6 is 0 Å². The van der Waals surface area contributed by atoms with Crippen molar-refractivity contribution in [1.82, 2.24) is 0 Å². The number of nitrogens with zero attached hydrogens (tertiary/aromatic N) is 1. The van der Waals surface area contributed by atoms with E-state index in [2.05, 4.69) is 0 Å². The molecule has 2 rings (SSSR count). The molecule has 0 unspecified atom stereocenters. The minimum Gasteiger partial charge on any atom is -0.218 e. The van der Waals surface area contributed by atoms with Gasteiger partial charge in [0.25, 0.3) is 0 Å². The number of halogens is 7. The van der Waals surface area contributed by atoms with Crippen molar-refractivity contribution in [3.05, 3.63) is 58.7 Å². The Bertz CT molecular complexity index is 859. The second-order valence-electron chi connectivity index (χ2n) is 5.85. The van der Waals surface area contributed by atoms with Crippen LogP contribution in [0.3, 0.4) is 0 Å². The van der Waals surface area contributed by atoms with Crippen LogP contribution in [0.5, 0.6) is 0 Å². The Kier molecular flexibility index (Phi) is 4.79. The molecular weight excluding hydrogens is 363 g/mol. The predicted octanol–water partition coefficient (Wildman–Crippen LogP) is 6.13. The number of hydrogen-bond donors (Lipinski definition) is 0. The second-order valence-corrected chi connectivity index (χ2v) is 5.85. The van der Waals surface area contributed by atoms with Crippen molar-refractivity contribution in [3.63, 3.8) is 0 Å². The lowest BCUT2D eigenvalue weighted by Crippen LogP contribution is -2.50. The van der Waals surface area contributed by atoms with Crippen LogP contribution in [0.2, 0.25) is 0 Å². The second kappa shape index (κ2) is 6.31. The lowest BCUT2D eigenvalue weighted by atomic mass is 9.83. The SMILES string of the molecule is Cc1cc(C)c(-c2cccc(C#N)c2)c(C(F)(C(F)(F)F)C(F)(F)F)c1. The molecule has 0 saturated carbocycles. The van der Waals surface area contributed by atoms with E-state index in [0.717, 1.165) is 6.07 Å². The molecule has 0 radical (unpaired) electrons. The molecule has 0 heterocycles. The maximum absolute atomic E-state index is 14.7. The zero-order chi connectivity index (χ0) is 19.9. The van der Waals surface area contributed by atoms with Crippen molar-refractivity contribution in [2.75, 3.05) is 0 Å². The first-order valence-electron chi connectivity index (χ1n) is 7.27. The Labute approximate surface area is 144 Å². The van der Waals surface area contributed by atoms with Gasteiger partial charge in [-0.2, -0.15) is 31.6 Å². The molecule has 0 saturated heterocycles. The summed E-state index contributed by atoms with van der Waals surface area (Å²) in [6, 6.07) is 8.64. The van der Waals surface area contributed by atoms with Crippen LogP contribution in [0, 0.1) is 25.2 Å². The molecule has 0 aliphatic rings. The molecule has 2 aromatic carbocycles. The van der Waals surface area contributed by atoms with Gasteiger partial charge < -0.3 is 0 Å². The van der Waals surface area contributed by atoms with E-state index in [9.17, 15) is 30.7 Å². The number of alkyl halides is 7. The van der Waals surface area contributed by atoms with E-state index in [1.807, 2.05) is 0 Å². The average molecular weight is 375 g/mol. The minimum atomic E-state index is -6.22. The van der Waals surface area contributed by atoms with Gasteiger partial charge in [-0.25, -0.2) is 4.39 Å².